The van der Waals surface area contributed by atoms with E-state index in [0.29, 0.717) is 37.2 Å². The number of hydrogen-bond acceptors (Lipinski definition) is 4. The van der Waals surface area contributed by atoms with Gasteiger partial charge in [0.2, 0.25) is 5.91 Å². The summed E-state index contributed by atoms with van der Waals surface area (Å²) in [5, 5.41) is 3.01. The number of aryl methyl sites for hydroxylation is 1. The van der Waals surface area contributed by atoms with Gasteiger partial charge in [-0.1, -0.05) is 50.7 Å². The van der Waals surface area contributed by atoms with Crippen molar-refractivity contribution in [2.45, 2.75) is 95.7 Å². The van der Waals surface area contributed by atoms with Crippen LogP contribution < -0.4 is 10.1 Å². The molecule has 2 fully saturated rings. The molecule has 2 saturated carbocycles. The maximum Gasteiger partial charge on any atom is 0.251 e. The van der Waals surface area contributed by atoms with Gasteiger partial charge in [0.1, 0.15) is 18.1 Å². The van der Waals surface area contributed by atoms with Crippen LogP contribution >= 0.6 is 0 Å². The van der Waals surface area contributed by atoms with Crippen LogP contribution in [-0.2, 0) is 17.8 Å². The molecule has 0 bridgehead atoms. The Morgan fingerprint density at radius 1 is 0.923 bits per heavy atom. The standard InChI is InChI=1S/C32H42N4O3/c1-39-27-20-18-24(19-21-27)32(38)33-22-10-17-30-34-28-15-8-9-16-29(28)35(30)23-31(37)36(25-11-4-2-5-12-25)26-13-6-3-7-14-26/h8-9,15-16,18-21,25-26H,2-7,10-14,17,22-23H2,1H3,(H,33,38). The van der Waals surface area contributed by atoms with E-state index in [1.807, 2.05) is 18.2 Å². The van der Waals surface area contributed by atoms with Gasteiger partial charge in [-0.15, -0.1) is 0 Å². The summed E-state index contributed by atoms with van der Waals surface area (Å²) in [6.07, 6.45) is 13.4. The van der Waals surface area contributed by atoms with Gasteiger partial charge in [0, 0.05) is 30.6 Å². The molecule has 2 amide bonds. The van der Waals surface area contributed by atoms with Crippen LogP contribution in [0.15, 0.2) is 48.5 Å². The molecule has 0 atom stereocenters. The molecular weight excluding hydrogens is 488 g/mol. The van der Waals surface area contributed by atoms with Gasteiger partial charge >= 0.3 is 0 Å². The molecule has 0 saturated heterocycles. The molecule has 2 aliphatic rings. The minimum atomic E-state index is -0.100. The van der Waals surface area contributed by atoms with E-state index < -0.39 is 0 Å². The first-order valence-electron chi connectivity index (χ1n) is 14.8. The molecule has 208 valence electrons. The molecule has 7 heteroatoms. The number of carbonyl (C=O) groups excluding carboxylic acids is 2. The number of para-hydroxylation sites is 2. The van der Waals surface area contributed by atoms with Crippen LogP contribution in [-0.4, -0.2) is 52.0 Å². The van der Waals surface area contributed by atoms with Crippen LogP contribution in [0.3, 0.4) is 0 Å². The third-order valence-electron chi connectivity index (χ3n) is 8.47. The fourth-order valence-corrected chi connectivity index (χ4v) is 6.43. The van der Waals surface area contributed by atoms with Crippen molar-refractivity contribution in [1.29, 1.82) is 0 Å². The lowest BCUT2D eigenvalue weighted by Gasteiger charge is -2.42. The second-order valence-corrected chi connectivity index (χ2v) is 11.1. The summed E-state index contributed by atoms with van der Waals surface area (Å²) in [6.45, 7) is 0.874. The zero-order valence-electron chi connectivity index (χ0n) is 23.2. The fraction of sp³-hybridized carbons (Fsp3) is 0.531. The number of nitrogens with zero attached hydrogens (tertiary/aromatic N) is 3. The molecular formula is C32H42N4O3. The molecule has 39 heavy (non-hydrogen) atoms. The first-order valence-corrected chi connectivity index (χ1v) is 14.8. The Bertz CT molecular complexity index is 1220. The van der Waals surface area contributed by atoms with Gasteiger partial charge in [-0.2, -0.15) is 0 Å². The van der Waals surface area contributed by atoms with Gasteiger partial charge in [-0.05, 0) is 68.5 Å². The zero-order chi connectivity index (χ0) is 27.0. The molecule has 1 heterocycles. The van der Waals surface area contributed by atoms with Gasteiger partial charge in [0.05, 0.1) is 18.1 Å². The number of hydrogen-bond donors (Lipinski definition) is 1. The van der Waals surface area contributed by atoms with Crippen LogP contribution in [0.1, 0.15) is 86.8 Å². The number of fused-ring (bicyclic) bond motifs is 1. The topological polar surface area (TPSA) is 76.5 Å². The predicted octanol–water partition coefficient (Wildman–Crippen LogP) is 5.90. The smallest absolute Gasteiger partial charge is 0.251 e. The maximum absolute atomic E-state index is 14.0. The molecule has 2 aliphatic carbocycles. The summed E-state index contributed by atoms with van der Waals surface area (Å²) in [6, 6.07) is 16.0. The fourth-order valence-electron chi connectivity index (χ4n) is 6.43. The van der Waals surface area contributed by atoms with Gasteiger partial charge in [-0.25, -0.2) is 4.98 Å². The summed E-state index contributed by atoms with van der Waals surface area (Å²) in [7, 11) is 1.61. The van der Waals surface area contributed by atoms with Crippen molar-refractivity contribution in [3.8, 4) is 5.75 Å². The monoisotopic (exact) mass is 530 g/mol. The van der Waals surface area contributed by atoms with Gasteiger partial charge in [0.15, 0.2) is 0 Å². The average molecular weight is 531 g/mol. The molecule has 1 N–H and O–H groups in total. The molecule has 0 unspecified atom stereocenters. The molecule has 1 aromatic heterocycles. The Hall–Kier alpha value is -3.35. The van der Waals surface area contributed by atoms with Crippen LogP contribution in [0, 0.1) is 0 Å². The summed E-state index contributed by atoms with van der Waals surface area (Å²) in [5.41, 5.74) is 2.54. The Morgan fingerprint density at radius 3 is 2.21 bits per heavy atom. The van der Waals surface area contributed by atoms with Crippen molar-refractivity contribution < 1.29 is 14.3 Å². The van der Waals surface area contributed by atoms with Crippen molar-refractivity contribution in [2.75, 3.05) is 13.7 Å². The summed E-state index contributed by atoms with van der Waals surface area (Å²) >= 11 is 0. The van der Waals surface area contributed by atoms with Crippen molar-refractivity contribution in [1.82, 2.24) is 19.8 Å². The van der Waals surface area contributed by atoms with E-state index in [2.05, 4.69) is 20.9 Å². The number of nitrogens with one attached hydrogen (secondary N) is 1. The van der Waals surface area contributed by atoms with E-state index in [-0.39, 0.29) is 11.8 Å². The lowest BCUT2D eigenvalue weighted by molar-refractivity contribution is -0.138. The second kappa shape index (κ2) is 13.1. The zero-order valence-corrected chi connectivity index (χ0v) is 23.2. The SMILES string of the molecule is COc1ccc(C(=O)NCCCc2nc3ccccc3n2CC(=O)N(C2CCCCC2)C2CCCCC2)cc1. The number of benzene rings is 2. The number of methoxy groups -OCH3 is 1. The minimum absolute atomic E-state index is 0.100. The summed E-state index contributed by atoms with van der Waals surface area (Å²) in [4.78, 5) is 33.8. The van der Waals surface area contributed by atoms with E-state index in [4.69, 9.17) is 9.72 Å². The van der Waals surface area contributed by atoms with Crippen molar-refractivity contribution in [3.05, 3.63) is 59.9 Å². The van der Waals surface area contributed by atoms with E-state index in [1.54, 1.807) is 31.4 Å². The van der Waals surface area contributed by atoms with Crippen LogP contribution in [0.2, 0.25) is 0 Å². The predicted molar refractivity (Wildman–Crippen MR) is 154 cm³/mol. The number of aromatic nitrogens is 2. The van der Waals surface area contributed by atoms with Crippen molar-refractivity contribution >= 4 is 22.8 Å². The van der Waals surface area contributed by atoms with Gasteiger partial charge < -0.3 is 19.5 Å². The first kappa shape index (κ1) is 27.2. The molecule has 7 nitrogen and oxygen atoms in total. The molecule has 0 radical (unpaired) electrons. The van der Waals surface area contributed by atoms with Crippen LogP contribution in [0.25, 0.3) is 11.0 Å². The highest BCUT2D eigenvalue weighted by Crippen LogP contribution is 2.31. The minimum Gasteiger partial charge on any atom is -0.497 e. The number of ether oxygens (including phenoxy) is 1. The quantitative estimate of drug-likeness (QED) is 0.331. The Balaban J connectivity index is 1.27. The average Bonchev–Trinajstić information content (AvgIpc) is 3.33. The largest absolute Gasteiger partial charge is 0.497 e. The van der Waals surface area contributed by atoms with Crippen LogP contribution in [0.4, 0.5) is 0 Å². The Kier molecular flexibility index (Phi) is 9.17. The summed E-state index contributed by atoms with van der Waals surface area (Å²) < 4.78 is 7.30. The third kappa shape index (κ3) is 6.63. The Labute approximate surface area is 231 Å². The van der Waals surface area contributed by atoms with Gasteiger partial charge in [0.25, 0.3) is 5.91 Å². The molecule has 3 aromatic rings. The number of amides is 2. The highest BCUT2D eigenvalue weighted by atomic mass is 16.5. The van der Waals surface area contributed by atoms with Crippen molar-refractivity contribution in [2.24, 2.45) is 0 Å². The molecule has 5 rings (SSSR count). The van der Waals surface area contributed by atoms with Crippen molar-refractivity contribution in [3.63, 3.8) is 0 Å². The normalized spacial score (nSPS) is 16.7. The Morgan fingerprint density at radius 2 is 1.56 bits per heavy atom. The van der Waals surface area contributed by atoms with E-state index >= 15 is 0 Å². The molecule has 0 spiro atoms. The van der Waals surface area contributed by atoms with E-state index in [1.165, 1.54) is 38.5 Å². The third-order valence-corrected chi connectivity index (χ3v) is 8.47. The first-order chi connectivity index (χ1) is 19.1. The lowest BCUT2D eigenvalue weighted by atomic mass is 9.88. The summed E-state index contributed by atoms with van der Waals surface area (Å²) in [5.74, 6) is 1.78. The molecule has 0 aliphatic heterocycles. The highest BCUT2D eigenvalue weighted by Gasteiger charge is 2.33. The number of carbonyl (C=O) groups is 2. The number of imidazole rings is 1. The van der Waals surface area contributed by atoms with Gasteiger partial charge in [-0.3, -0.25) is 9.59 Å². The lowest BCUT2D eigenvalue weighted by Crippen LogP contribution is -2.50. The van der Waals surface area contributed by atoms with E-state index in [0.717, 1.165) is 54.7 Å². The molecule has 2 aromatic carbocycles. The van der Waals surface area contributed by atoms with Crippen LogP contribution in [0.5, 0.6) is 5.75 Å². The maximum atomic E-state index is 14.0. The van der Waals surface area contributed by atoms with E-state index in [9.17, 15) is 9.59 Å². The second-order valence-electron chi connectivity index (χ2n) is 11.1. The highest BCUT2D eigenvalue weighted by molar-refractivity contribution is 5.94. The number of rotatable bonds is 10.